The number of hydrogen-bond acceptors (Lipinski definition) is 7. The standard InChI is InChI=1S/C20H18N4O3S/c1-12-11-28-19(22-12)16(9-21)17(25)10-27-20(26)18-13(2)23-24(14(18)3)15-7-5-4-6-8-15/h4-8,11,16H,10H2,1-3H3/t16-/m0/s1. The van der Waals surface area contributed by atoms with Crippen molar-refractivity contribution in [3.63, 3.8) is 0 Å². The summed E-state index contributed by atoms with van der Waals surface area (Å²) in [7, 11) is 0. The number of nitriles is 1. The summed E-state index contributed by atoms with van der Waals surface area (Å²) in [5, 5.41) is 15.9. The van der Waals surface area contributed by atoms with Crippen LogP contribution in [-0.2, 0) is 9.53 Å². The molecule has 8 heteroatoms. The van der Waals surface area contributed by atoms with Gasteiger partial charge >= 0.3 is 5.97 Å². The summed E-state index contributed by atoms with van der Waals surface area (Å²) in [6.07, 6.45) is 0. The molecule has 0 aliphatic carbocycles. The van der Waals surface area contributed by atoms with Crippen LogP contribution in [0, 0.1) is 32.1 Å². The average Bonchev–Trinajstić information content (AvgIpc) is 3.24. The summed E-state index contributed by atoms with van der Waals surface area (Å²) in [6, 6.07) is 11.3. The Kier molecular flexibility index (Phi) is 5.66. The van der Waals surface area contributed by atoms with Gasteiger partial charge in [0.05, 0.1) is 23.1 Å². The number of rotatable bonds is 6. The molecule has 0 amide bonds. The molecule has 0 N–H and O–H groups in total. The number of hydrogen-bond donors (Lipinski definition) is 0. The van der Waals surface area contributed by atoms with Gasteiger partial charge in [0.1, 0.15) is 10.6 Å². The number of ketones is 1. The van der Waals surface area contributed by atoms with Gasteiger partial charge in [0.2, 0.25) is 0 Å². The molecule has 2 aromatic heterocycles. The minimum absolute atomic E-state index is 0.315. The largest absolute Gasteiger partial charge is 0.454 e. The van der Waals surface area contributed by atoms with Crippen molar-refractivity contribution in [3.05, 3.63) is 63.4 Å². The third-order valence-electron chi connectivity index (χ3n) is 4.18. The number of aromatic nitrogens is 3. The van der Waals surface area contributed by atoms with E-state index in [2.05, 4.69) is 10.1 Å². The van der Waals surface area contributed by atoms with E-state index < -0.39 is 24.3 Å². The maximum Gasteiger partial charge on any atom is 0.342 e. The van der Waals surface area contributed by atoms with E-state index in [-0.39, 0.29) is 0 Å². The first-order chi connectivity index (χ1) is 13.4. The van der Waals surface area contributed by atoms with Crippen molar-refractivity contribution in [2.24, 2.45) is 0 Å². The van der Waals surface area contributed by atoms with Crippen LogP contribution >= 0.6 is 11.3 Å². The third kappa shape index (κ3) is 3.85. The van der Waals surface area contributed by atoms with Gasteiger partial charge in [0.15, 0.2) is 18.3 Å². The average molecular weight is 394 g/mol. The quantitative estimate of drug-likeness (QED) is 0.595. The number of nitrogens with zero attached hydrogens (tertiary/aromatic N) is 4. The zero-order valence-corrected chi connectivity index (χ0v) is 16.5. The lowest BCUT2D eigenvalue weighted by molar-refractivity contribution is -0.122. The Morgan fingerprint density at radius 2 is 1.96 bits per heavy atom. The van der Waals surface area contributed by atoms with Gasteiger partial charge in [0.25, 0.3) is 0 Å². The Labute approximate surface area is 166 Å². The maximum absolute atomic E-state index is 12.6. The first-order valence-corrected chi connectivity index (χ1v) is 9.43. The Hall–Kier alpha value is -3.31. The van der Waals surface area contributed by atoms with Crippen molar-refractivity contribution < 1.29 is 14.3 Å². The fourth-order valence-electron chi connectivity index (χ4n) is 2.82. The highest BCUT2D eigenvalue weighted by molar-refractivity contribution is 7.09. The maximum atomic E-state index is 12.6. The van der Waals surface area contributed by atoms with Crippen LogP contribution in [0.5, 0.6) is 0 Å². The number of aryl methyl sites for hydroxylation is 2. The molecule has 0 aliphatic rings. The van der Waals surface area contributed by atoms with Crippen molar-refractivity contribution >= 4 is 23.1 Å². The van der Waals surface area contributed by atoms with Gasteiger partial charge in [-0.25, -0.2) is 14.5 Å². The van der Waals surface area contributed by atoms with Crippen molar-refractivity contribution in [2.45, 2.75) is 26.7 Å². The van der Waals surface area contributed by atoms with E-state index >= 15 is 0 Å². The molecule has 3 aromatic rings. The summed E-state index contributed by atoms with van der Waals surface area (Å²) in [5.41, 5.74) is 3.00. The highest BCUT2D eigenvalue weighted by Gasteiger charge is 2.26. The van der Waals surface area contributed by atoms with Crippen molar-refractivity contribution in [1.29, 1.82) is 5.26 Å². The monoisotopic (exact) mass is 394 g/mol. The van der Waals surface area contributed by atoms with Crippen LogP contribution in [0.25, 0.3) is 5.69 Å². The molecule has 7 nitrogen and oxygen atoms in total. The van der Waals surface area contributed by atoms with Crippen molar-refractivity contribution in [1.82, 2.24) is 14.8 Å². The molecule has 28 heavy (non-hydrogen) atoms. The molecule has 3 rings (SSSR count). The predicted molar refractivity (Wildman–Crippen MR) is 104 cm³/mol. The number of carbonyl (C=O) groups is 2. The summed E-state index contributed by atoms with van der Waals surface area (Å²) in [5.74, 6) is -2.19. The fraction of sp³-hybridized carbons (Fsp3) is 0.250. The van der Waals surface area contributed by atoms with Gasteiger partial charge < -0.3 is 4.74 Å². The summed E-state index contributed by atoms with van der Waals surface area (Å²) >= 11 is 1.24. The van der Waals surface area contributed by atoms with E-state index in [0.717, 1.165) is 11.4 Å². The number of para-hydroxylation sites is 1. The number of thiazole rings is 1. The molecule has 0 bridgehead atoms. The van der Waals surface area contributed by atoms with Crippen LogP contribution in [0.1, 0.15) is 38.4 Å². The topological polar surface area (TPSA) is 97.9 Å². The molecule has 142 valence electrons. The van der Waals surface area contributed by atoms with E-state index in [1.807, 2.05) is 36.4 Å². The lowest BCUT2D eigenvalue weighted by Crippen LogP contribution is -2.20. The smallest absolute Gasteiger partial charge is 0.342 e. The first-order valence-electron chi connectivity index (χ1n) is 8.55. The van der Waals surface area contributed by atoms with Gasteiger partial charge in [-0.2, -0.15) is 10.4 Å². The molecule has 0 aliphatic heterocycles. The van der Waals surface area contributed by atoms with E-state index in [9.17, 15) is 14.9 Å². The highest BCUT2D eigenvalue weighted by atomic mass is 32.1. The molecular formula is C20H18N4O3S. The minimum atomic E-state index is -1.04. The molecule has 1 aromatic carbocycles. The molecule has 2 heterocycles. The SMILES string of the molecule is Cc1csc([C@@H](C#N)C(=O)COC(=O)c2c(C)nn(-c3ccccc3)c2C)n1. The van der Waals surface area contributed by atoms with E-state index in [0.29, 0.717) is 22.0 Å². The van der Waals surface area contributed by atoms with Gasteiger partial charge in [-0.3, -0.25) is 4.79 Å². The van der Waals surface area contributed by atoms with Crippen LogP contribution in [0.2, 0.25) is 0 Å². The van der Waals surface area contributed by atoms with Gasteiger partial charge in [-0.05, 0) is 32.9 Å². The first kappa shape index (κ1) is 19.5. The molecule has 0 unspecified atom stereocenters. The number of esters is 1. The number of carbonyl (C=O) groups excluding carboxylic acids is 2. The third-order valence-corrected chi connectivity index (χ3v) is 5.20. The lowest BCUT2D eigenvalue weighted by Gasteiger charge is -2.08. The van der Waals surface area contributed by atoms with E-state index in [1.54, 1.807) is 30.8 Å². The highest BCUT2D eigenvalue weighted by Crippen LogP contribution is 2.22. The van der Waals surface area contributed by atoms with E-state index in [4.69, 9.17) is 4.74 Å². The van der Waals surface area contributed by atoms with Gasteiger partial charge in [0, 0.05) is 11.1 Å². The number of ether oxygens (including phenoxy) is 1. The van der Waals surface area contributed by atoms with Crippen LogP contribution in [0.15, 0.2) is 35.7 Å². The second kappa shape index (κ2) is 8.15. The Bertz CT molecular complexity index is 1060. The zero-order valence-electron chi connectivity index (χ0n) is 15.7. The molecule has 1 atom stereocenters. The normalized spacial score (nSPS) is 11.6. The summed E-state index contributed by atoms with van der Waals surface area (Å²) in [4.78, 5) is 29.1. The van der Waals surface area contributed by atoms with Gasteiger partial charge in [-0.15, -0.1) is 11.3 Å². The van der Waals surface area contributed by atoms with Gasteiger partial charge in [-0.1, -0.05) is 18.2 Å². The van der Waals surface area contributed by atoms with Crippen LogP contribution in [0.3, 0.4) is 0 Å². The number of Topliss-reactive ketones (excluding diaryl/α,β-unsaturated/α-hetero) is 1. The molecular weight excluding hydrogens is 376 g/mol. The molecule has 0 fully saturated rings. The van der Waals surface area contributed by atoms with Crippen molar-refractivity contribution in [3.8, 4) is 11.8 Å². The minimum Gasteiger partial charge on any atom is -0.454 e. The fourth-order valence-corrected chi connectivity index (χ4v) is 3.68. The van der Waals surface area contributed by atoms with Crippen LogP contribution in [0.4, 0.5) is 0 Å². The molecule has 0 saturated heterocycles. The molecule has 0 spiro atoms. The summed E-state index contributed by atoms with van der Waals surface area (Å²) < 4.78 is 6.85. The summed E-state index contributed by atoms with van der Waals surface area (Å²) in [6.45, 7) is 4.77. The molecule has 0 saturated carbocycles. The van der Waals surface area contributed by atoms with Crippen LogP contribution in [-0.4, -0.2) is 33.1 Å². The lowest BCUT2D eigenvalue weighted by atomic mass is 10.1. The Morgan fingerprint density at radius 1 is 1.25 bits per heavy atom. The van der Waals surface area contributed by atoms with Crippen molar-refractivity contribution in [2.75, 3.05) is 6.61 Å². The van der Waals surface area contributed by atoms with Crippen LogP contribution < -0.4 is 0 Å². The molecule has 0 radical (unpaired) electrons. The number of benzene rings is 1. The Morgan fingerprint density at radius 3 is 2.57 bits per heavy atom. The predicted octanol–water partition coefficient (Wildman–Crippen LogP) is 3.29. The second-order valence-corrected chi connectivity index (χ2v) is 7.11. The second-order valence-electron chi connectivity index (χ2n) is 6.22. The Balaban J connectivity index is 1.74. The van der Waals surface area contributed by atoms with E-state index in [1.165, 1.54) is 11.3 Å². The zero-order chi connectivity index (χ0) is 20.3.